The van der Waals surface area contributed by atoms with Crippen molar-refractivity contribution >= 4 is 44.8 Å². The van der Waals surface area contributed by atoms with Crippen molar-refractivity contribution in [1.29, 1.82) is 0 Å². The topological polar surface area (TPSA) is 51.1 Å². The Balaban J connectivity index is 1.90. The molecule has 1 aliphatic heterocycles. The summed E-state index contributed by atoms with van der Waals surface area (Å²) in [6.07, 6.45) is 1.79. The molecule has 152 valence electrons. The lowest BCUT2D eigenvalue weighted by Crippen LogP contribution is -2.23. The average Bonchev–Trinajstić information content (AvgIpc) is 2.96. The third kappa shape index (κ3) is 4.82. The molecule has 5 nitrogen and oxygen atoms in total. The number of ether oxygens (including phenoxy) is 2. The molecular weight excluding hydrogens is 459 g/mol. The van der Waals surface area contributed by atoms with Crippen molar-refractivity contribution in [1.82, 2.24) is 4.90 Å². The Morgan fingerprint density at radius 3 is 2.69 bits per heavy atom. The molecule has 3 rings (SSSR count). The van der Waals surface area contributed by atoms with Gasteiger partial charge in [-0.15, -0.1) is 0 Å². The highest BCUT2D eigenvalue weighted by molar-refractivity contribution is 9.10. The van der Waals surface area contributed by atoms with Crippen molar-refractivity contribution in [2.75, 3.05) is 20.7 Å². The van der Waals surface area contributed by atoms with E-state index in [0.717, 1.165) is 5.56 Å². The van der Waals surface area contributed by atoms with E-state index >= 15 is 0 Å². The number of hydrogen-bond donors (Lipinski definition) is 0. The van der Waals surface area contributed by atoms with Crippen LogP contribution in [0.2, 0.25) is 0 Å². The summed E-state index contributed by atoms with van der Waals surface area (Å²) in [4.78, 5) is 18.6. The number of amidine groups is 1. The van der Waals surface area contributed by atoms with Crippen LogP contribution in [0.25, 0.3) is 6.08 Å². The molecule has 0 spiro atoms. The van der Waals surface area contributed by atoms with Gasteiger partial charge in [0.05, 0.1) is 16.0 Å². The molecule has 0 saturated carbocycles. The van der Waals surface area contributed by atoms with Crippen molar-refractivity contribution < 1.29 is 18.7 Å². The van der Waals surface area contributed by atoms with E-state index < -0.39 is 0 Å². The monoisotopic (exact) mass is 478 g/mol. The lowest BCUT2D eigenvalue weighted by Gasteiger charge is -2.15. The number of nitrogens with zero attached hydrogens (tertiary/aromatic N) is 2. The van der Waals surface area contributed by atoms with Crippen molar-refractivity contribution in [2.24, 2.45) is 4.99 Å². The summed E-state index contributed by atoms with van der Waals surface area (Å²) in [5.41, 5.74) is 1.23. The number of hydrogen-bond acceptors (Lipinski definition) is 5. The molecule has 0 bridgehead atoms. The van der Waals surface area contributed by atoms with Gasteiger partial charge in [0.15, 0.2) is 16.7 Å². The van der Waals surface area contributed by atoms with Crippen LogP contribution < -0.4 is 9.47 Å². The number of aliphatic imine (C=N–C) groups is 1. The molecule has 0 unspecified atom stereocenters. The summed E-state index contributed by atoms with van der Waals surface area (Å²) < 4.78 is 26.1. The molecule has 29 heavy (non-hydrogen) atoms. The van der Waals surface area contributed by atoms with Gasteiger partial charge in [-0.1, -0.05) is 18.2 Å². The first-order valence-corrected chi connectivity index (χ1v) is 10.5. The molecule has 8 heteroatoms. The zero-order valence-corrected chi connectivity index (χ0v) is 18.6. The zero-order chi connectivity index (χ0) is 21.0. The number of halogens is 2. The molecule has 1 aliphatic rings. The maximum atomic E-state index is 13.9. The highest BCUT2D eigenvalue weighted by Gasteiger charge is 2.29. The van der Waals surface area contributed by atoms with Crippen LogP contribution in [0.3, 0.4) is 0 Å². The van der Waals surface area contributed by atoms with Crippen LogP contribution in [0.5, 0.6) is 11.5 Å². The first kappa shape index (κ1) is 21.4. The number of carbonyl (C=O) groups excluding carboxylic acids is 1. The smallest absolute Gasteiger partial charge is 0.266 e. The number of carbonyl (C=O) groups is 1. The minimum Gasteiger partial charge on any atom is -0.490 e. The van der Waals surface area contributed by atoms with Crippen molar-refractivity contribution in [3.8, 4) is 11.5 Å². The molecule has 2 aromatic carbocycles. The molecule has 0 aromatic heterocycles. The lowest BCUT2D eigenvalue weighted by atomic mass is 10.1. The fourth-order valence-corrected chi connectivity index (χ4v) is 4.24. The summed E-state index contributed by atoms with van der Waals surface area (Å²) in [5, 5.41) is 0.648. The Labute approximate surface area is 181 Å². The molecular formula is C21H20BrFN2O3S. The van der Waals surface area contributed by atoms with Gasteiger partial charge in [0.1, 0.15) is 12.4 Å². The highest BCUT2D eigenvalue weighted by atomic mass is 79.9. The Morgan fingerprint density at radius 1 is 1.28 bits per heavy atom. The van der Waals surface area contributed by atoms with Crippen molar-refractivity contribution in [3.05, 3.63) is 62.7 Å². The number of thioether (sulfide) groups is 1. The van der Waals surface area contributed by atoms with Crippen LogP contribution in [0, 0.1) is 5.82 Å². The minimum absolute atomic E-state index is 0.0707. The van der Waals surface area contributed by atoms with Gasteiger partial charge in [0.25, 0.3) is 5.91 Å². The quantitative estimate of drug-likeness (QED) is 0.542. The average molecular weight is 479 g/mol. The second-order valence-corrected chi connectivity index (χ2v) is 7.99. The standard InChI is InChI=1S/C21H20BrFN2O3S/c1-4-27-17-10-13(11-18-20(26)25(3)21(24-2)29-18)9-15(22)19(17)28-12-14-7-5-6-8-16(14)23/h5-11H,4,12H2,1-3H3. The summed E-state index contributed by atoms with van der Waals surface area (Å²) in [6, 6.07) is 10.1. The van der Waals surface area contributed by atoms with Crippen molar-refractivity contribution in [3.63, 3.8) is 0 Å². The van der Waals surface area contributed by atoms with Crippen LogP contribution in [0.4, 0.5) is 4.39 Å². The van der Waals surface area contributed by atoms with E-state index in [9.17, 15) is 9.18 Å². The van der Waals surface area contributed by atoms with E-state index in [2.05, 4.69) is 20.9 Å². The fraction of sp³-hybridized carbons (Fsp3) is 0.238. The minimum atomic E-state index is -0.322. The van der Waals surface area contributed by atoms with Gasteiger partial charge in [-0.3, -0.25) is 14.7 Å². The van der Waals surface area contributed by atoms with Crippen LogP contribution in [-0.2, 0) is 11.4 Å². The normalized spacial score (nSPS) is 16.7. The number of likely N-dealkylation sites (N-methyl/N-ethyl adjacent to an activating group) is 1. The highest BCUT2D eigenvalue weighted by Crippen LogP contribution is 2.39. The van der Waals surface area contributed by atoms with Crippen LogP contribution in [0.15, 0.2) is 50.8 Å². The number of rotatable bonds is 6. The van der Waals surface area contributed by atoms with E-state index in [1.807, 2.05) is 13.0 Å². The van der Waals surface area contributed by atoms with E-state index in [1.54, 1.807) is 44.4 Å². The zero-order valence-electron chi connectivity index (χ0n) is 16.2. The molecule has 0 atom stereocenters. The largest absolute Gasteiger partial charge is 0.490 e. The Bertz CT molecular complexity index is 994. The SMILES string of the molecule is CCOc1cc(C=C2SC(=NC)N(C)C2=O)cc(Br)c1OCc1ccccc1F. The molecule has 0 N–H and O–H groups in total. The van der Waals surface area contributed by atoms with E-state index in [4.69, 9.17) is 9.47 Å². The van der Waals surface area contributed by atoms with Crippen molar-refractivity contribution in [2.45, 2.75) is 13.5 Å². The second kappa shape index (κ2) is 9.45. The Morgan fingerprint density at radius 2 is 2.03 bits per heavy atom. The first-order valence-electron chi connectivity index (χ1n) is 8.91. The van der Waals surface area contributed by atoms with Gasteiger partial charge in [0.2, 0.25) is 0 Å². The summed E-state index contributed by atoms with van der Waals surface area (Å²) in [5.74, 6) is 0.565. The maximum Gasteiger partial charge on any atom is 0.266 e. The number of benzene rings is 2. The predicted molar refractivity (Wildman–Crippen MR) is 118 cm³/mol. The molecule has 1 saturated heterocycles. The van der Waals surface area contributed by atoms with Gasteiger partial charge < -0.3 is 9.47 Å². The summed E-state index contributed by atoms with van der Waals surface area (Å²) in [6.45, 7) is 2.38. The molecule has 1 amide bonds. The molecule has 1 fully saturated rings. The second-order valence-electron chi connectivity index (χ2n) is 6.12. The molecule has 0 radical (unpaired) electrons. The van der Waals surface area contributed by atoms with E-state index in [1.165, 1.54) is 22.7 Å². The van der Waals surface area contributed by atoms with Crippen LogP contribution in [0.1, 0.15) is 18.1 Å². The van der Waals surface area contributed by atoms with Gasteiger partial charge in [-0.05, 0) is 64.5 Å². The maximum absolute atomic E-state index is 13.9. The third-order valence-electron chi connectivity index (χ3n) is 4.15. The van der Waals surface area contributed by atoms with Gasteiger partial charge in [-0.2, -0.15) is 0 Å². The molecule has 1 heterocycles. The lowest BCUT2D eigenvalue weighted by molar-refractivity contribution is -0.121. The third-order valence-corrected chi connectivity index (χ3v) is 5.89. The summed E-state index contributed by atoms with van der Waals surface area (Å²) >= 11 is 4.83. The predicted octanol–water partition coefficient (Wildman–Crippen LogP) is 5.10. The number of amides is 1. The van der Waals surface area contributed by atoms with Gasteiger partial charge in [0, 0.05) is 19.7 Å². The first-order chi connectivity index (χ1) is 13.9. The van der Waals surface area contributed by atoms with Gasteiger partial charge >= 0.3 is 0 Å². The fourth-order valence-electron chi connectivity index (χ4n) is 2.74. The van der Waals surface area contributed by atoms with E-state index in [-0.39, 0.29) is 18.3 Å². The molecule has 0 aliphatic carbocycles. The van der Waals surface area contributed by atoms with E-state index in [0.29, 0.717) is 38.2 Å². The Kier molecular flexibility index (Phi) is 6.97. The Hall–Kier alpha value is -2.32. The van der Waals surface area contributed by atoms with Crippen LogP contribution in [-0.4, -0.2) is 36.7 Å². The molecule has 2 aromatic rings. The van der Waals surface area contributed by atoms with Gasteiger partial charge in [-0.25, -0.2) is 4.39 Å². The summed E-state index contributed by atoms with van der Waals surface area (Å²) in [7, 11) is 3.35. The van der Waals surface area contributed by atoms with Crippen LogP contribution >= 0.6 is 27.7 Å².